The summed E-state index contributed by atoms with van der Waals surface area (Å²) in [5.74, 6) is -1.09. The third-order valence-electron chi connectivity index (χ3n) is 8.06. The molecular weight excluding hydrogens is 462 g/mol. The van der Waals surface area contributed by atoms with E-state index in [0.29, 0.717) is 39.0 Å². The van der Waals surface area contributed by atoms with Crippen molar-refractivity contribution in [2.24, 2.45) is 11.8 Å². The summed E-state index contributed by atoms with van der Waals surface area (Å²) in [5.41, 5.74) is 0. The fourth-order valence-corrected chi connectivity index (χ4v) is 8.75. The van der Waals surface area contributed by atoms with Crippen molar-refractivity contribution in [2.45, 2.75) is 74.3 Å². The van der Waals surface area contributed by atoms with Crippen LogP contribution in [0.5, 0.6) is 0 Å². The summed E-state index contributed by atoms with van der Waals surface area (Å²) >= 11 is 1.71. The van der Waals surface area contributed by atoms with E-state index in [1.807, 2.05) is 4.90 Å². The van der Waals surface area contributed by atoms with Crippen LogP contribution in [-0.4, -0.2) is 92.9 Å². The largest absolute Gasteiger partial charge is 0.396 e. The van der Waals surface area contributed by atoms with Crippen molar-refractivity contribution in [3.8, 4) is 0 Å². The van der Waals surface area contributed by atoms with Crippen molar-refractivity contribution in [3.63, 3.8) is 0 Å². The lowest BCUT2D eigenvalue weighted by molar-refractivity contribution is -0.145. The average Bonchev–Trinajstić information content (AvgIpc) is 3.39. The van der Waals surface area contributed by atoms with E-state index in [1.165, 1.54) is 0 Å². The van der Waals surface area contributed by atoms with E-state index in [4.69, 9.17) is 0 Å². The number of aliphatic hydroxyl groups is 1. The van der Waals surface area contributed by atoms with E-state index in [1.54, 1.807) is 40.8 Å². The zero-order chi connectivity index (χ0) is 25.8. The summed E-state index contributed by atoms with van der Waals surface area (Å²) < 4.78 is -0.963. The fraction of sp³-hybridized carbons (Fsp3) is 0.741. The molecule has 196 valence electrons. The van der Waals surface area contributed by atoms with Crippen LogP contribution < -0.4 is 0 Å². The van der Waals surface area contributed by atoms with Crippen molar-refractivity contribution < 1.29 is 19.5 Å². The van der Waals surface area contributed by atoms with Gasteiger partial charge in [-0.15, -0.1) is 24.9 Å². The first-order valence-corrected chi connectivity index (χ1v) is 13.9. The van der Waals surface area contributed by atoms with Gasteiger partial charge < -0.3 is 19.8 Å². The zero-order valence-corrected chi connectivity index (χ0v) is 22.5. The summed E-state index contributed by atoms with van der Waals surface area (Å²) in [5, 5.41) is 9.33. The molecule has 3 amide bonds. The minimum atomic E-state index is -0.596. The van der Waals surface area contributed by atoms with Crippen LogP contribution in [0.15, 0.2) is 25.3 Å². The molecule has 3 aliphatic heterocycles. The highest BCUT2D eigenvalue weighted by Crippen LogP contribution is 2.71. The van der Waals surface area contributed by atoms with Gasteiger partial charge in [0.2, 0.25) is 17.7 Å². The molecule has 3 saturated heterocycles. The maximum atomic E-state index is 14.2. The molecule has 3 rings (SSSR count). The number of carbonyl (C=O) groups excluding carboxylic acids is 3. The molecule has 0 saturated carbocycles. The Bertz CT molecular complexity index is 835. The average molecular weight is 506 g/mol. The maximum Gasteiger partial charge on any atom is 0.247 e. The fourth-order valence-electron chi connectivity index (χ4n) is 6.41. The molecule has 3 aliphatic rings. The third kappa shape index (κ3) is 4.93. The number of fused-ring (bicyclic) bond motifs is 1. The minimum Gasteiger partial charge on any atom is -0.396 e. The Morgan fingerprint density at radius 2 is 1.86 bits per heavy atom. The molecule has 3 fully saturated rings. The van der Waals surface area contributed by atoms with Crippen molar-refractivity contribution in [3.05, 3.63) is 25.3 Å². The van der Waals surface area contributed by atoms with E-state index in [-0.39, 0.29) is 29.1 Å². The SMILES string of the molecule is C=CCN(C)C(=O)[C@@H]1[C@H]2C(=O)N(CCCCO)C(C(=O)N(CC=C)CCCCC)C23CC[C@@]1(C)S3. The quantitative estimate of drug-likeness (QED) is 0.290. The molecule has 0 aliphatic carbocycles. The van der Waals surface area contributed by atoms with Gasteiger partial charge in [0.1, 0.15) is 6.04 Å². The van der Waals surface area contributed by atoms with Crippen LogP contribution in [0.25, 0.3) is 0 Å². The highest BCUT2D eigenvalue weighted by molar-refractivity contribution is 8.02. The van der Waals surface area contributed by atoms with Crippen LogP contribution >= 0.6 is 11.8 Å². The van der Waals surface area contributed by atoms with Crippen LogP contribution in [0.1, 0.15) is 58.8 Å². The van der Waals surface area contributed by atoms with Crippen molar-refractivity contribution >= 4 is 29.5 Å². The van der Waals surface area contributed by atoms with Gasteiger partial charge in [0, 0.05) is 44.6 Å². The van der Waals surface area contributed by atoms with E-state index in [9.17, 15) is 19.5 Å². The Labute approximate surface area is 215 Å². The number of hydrogen-bond donors (Lipinski definition) is 1. The van der Waals surface area contributed by atoms with Crippen molar-refractivity contribution in [2.75, 3.05) is 39.8 Å². The molecule has 1 spiro atoms. The predicted molar refractivity (Wildman–Crippen MR) is 141 cm³/mol. The number of carbonyl (C=O) groups is 3. The van der Waals surface area contributed by atoms with Crippen LogP contribution in [-0.2, 0) is 14.4 Å². The molecule has 35 heavy (non-hydrogen) atoms. The van der Waals surface area contributed by atoms with Gasteiger partial charge in [-0.05, 0) is 39.0 Å². The molecule has 0 aromatic heterocycles. The van der Waals surface area contributed by atoms with Crippen LogP contribution in [0.4, 0.5) is 0 Å². The summed E-state index contributed by atoms with van der Waals surface area (Å²) in [4.78, 5) is 47.1. The van der Waals surface area contributed by atoms with Gasteiger partial charge in [0.15, 0.2) is 0 Å². The number of aliphatic hydroxyl groups excluding tert-OH is 1. The van der Waals surface area contributed by atoms with Crippen LogP contribution in [0, 0.1) is 11.8 Å². The predicted octanol–water partition coefficient (Wildman–Crippen LogP) is 3.09. The van der Waals surface area contributed by atoms with Gasteiger partial charge >= 0.3 is 0 Å². The summed E-state index contributed by atoms with van der Waals surface area (Å²) in [7, 11) is 1.76. The second-order valence-electron chi connectivity index (χ2n) is 10.5. The van der Waals surface area contributed by atoms with E-state index in [0.717, 1.165) is 32.1 Å². The van der Waals surface area contributed by atoms with Gasteiger partial charge in [-0.25, -0.2) is 0 Å². The molecular formula is C27H43N3O4S. The first-order chi connectivity index (χ1) is 16.7. The van der Waals surface area contributed by atoms with Gasteiger partial charge in [-0.3, -0.25) is 14.4 Å². The van der Waals surface area contributed by atoms with Gasteiger partial charge in [-0.1, -0.05) is 31.9 Å². The molecule has 8 heteroatoms. The normalized spacial score (nSPS) is 30.9. The number of amides is 3. The maximum absolute atomic E-state index is 14.2. The Hall–Kier alpha value is -1.80. The number of rotatable bonds is 14. The molecule has 0 aromatic carbocycles. The Morgan fingerprint density at radius 1 is 1.14 bits per heavy atom. The smallest absolute Gasteiger partial charge is 0.247 e. The molecule has 5 atom stereocenters. The number of likely N-dealkylation sites (N-methyl/N-ethyl adjacent to an activating group) is 1. The number of thioether (sulfide) groups is 1. The van der Waals surface area contributed by atoms with Crippen LogP contribution in [0.3, 0.4) is 0 Å². The zero-order valence-electron chi connectivity index (χ0n) is 21.7. The number of nitrogens with zero attached hydrogens (tertiary/aromatic N) is 3. The lowest BCUT2D eigenvalue weighted by Gasteiger charge is -2.37. The lowest BCUT2D eigenvalue weighted by Crippen LogP contribution is -2.55. The number of hydrogen-bond acceptors (Lipinski definition) is 5. The summed E-state index contributed by atoms with van der Waals surface area (Å²) in [6, 6.07) is -0.588. The molecule has 2 bridgehead atoms. The molecule has 1 N–H and O–H groups in total. The molecule has 2 unspecified atom stereocenters. The van der Waals surface area contributed by atoms with Gasteiger partial charge in [0.25, 0.3) is 0 Å². The molecule has 7 nitrogen and oxygen atoms in total. The highest BCUT2D eigenvalue weighted by Gasteiger charge is 2.77. The van der Waals surface area contributed by atoms with E-state index >= 15 is 0 Å². The Morgan fingerprint density at radius 3 is 2.49 bits per heavy atom. The van der Waals surface area contributed by atoms with Crippen molar-refractivity contribution in [1.82, 2.24) is 14.7 Å². The first-order valence-electron chi connectivity index (χ1n) is 13.1. The molecule has 0 radical (unpaired) electrons. The van der Waals surface area contributed by atoms with Gasteiger partial charge in [0.05, 0.1) is 16.6 Å². The third-order valence-corrected chi connectivity index (χ3v) is 10.0. The summed E-state index contributed by atoms with van der Waals surface area (Å²) in [6.45, 7) is 13.8. The van der Waals surface area contributed by atoms with Crippen LogP contribution in [0.2, 0.25) is 0 Å². The molecule has 3 heterocycles. The number of likely N-dealkylation sites (tertiary alicyclic amines) is 1. The van der Waals surface area contributed by atoms with Crippen molar-refractivity contribution in [1.29, 1.82) is 0 Å². The Kier molecular flexibility index (Phi) is 9.13. The lowest BCUT2D eigenvalue weighted by atomic mass is 9.66. The standard InChI is InChI=1S/C27H43N3O4S/c1-6-9-10-17-29(16-8-3)25(34)22-27-14-13-26(4,35-27)20(23(32)28(5)15-7-2)21(27)24(33)30(22)18-11-12-19-31/h7-8,20-22,31H,2-3,6,9-19H2,1,4-5H3/t20-,21-,22?,26+,27?/m0/s1. The first kappa shape index (κ1) is 27.8. The highest BCUT2D eigenvalue weighted by atomic mass is 32.2. The second kappa shape index (κ2) is 11.5. The summed E-state index contributed by atoms with van der Waals surface area (Å²) in [6.07, 6.45) is 9.23. The number of unbranched alkanes of at least 4 members (excludes halogenated alkanes) is 3. The Balaban J connectivity index is 2.00. The monoisotopic (exact) mass is 505 g/mol. The van der Waals surface area contributed by atoms with E-state index in [2.05, 4.69) is 27.0 Å². The molecule has 0 aromatic rings. The second-order valence-corrected chi connectivity index (χ2v) is 12.4. The minimum absolute atomic E-state index is 0.0230. The van der Waals surface area contributed by atoms with Gasteiger partial charge in [-0.2, -0.15) is 0 Å². The topological polar surface area (TPSA) is 81.2 Å². The van der Waals surface area contributed by atoms with E-state index < -0.39 is 22.6 Å².